The van der Waals surface area contributed by atoms with E-state index in [1.807, 2.05) is 0 Å². The Balaban J connectivity index is 1.72. The van der Waals surface area contributed by atoms with Crippen molar-refractivity contribution in [3.8, 4) is 0 Å². The Labute approximate surface area is 132 Å². The molecule has 0 aromatic heterocycles. The van der Waals surface area contributed by atoms with Crippen molar-refractivity contribution in [2.24, 2.45) is 0 Å². The van der Waals surface area contributed by atoms with E-state index in [9.17, 15) is 9.59 Å². The summed E-state index contributed by atoms with van der Waals surface area (Å²) < 4.78 is 0. The number of nitrogens with zero attached hydrogens (tertiary/aromatic N) is 1. The second kappa shape index (κ2) is 8.06. The Bertz CT molecular complexity index is 513. The average Bonchev–Trinajstić information content (AvgIpc) is 2.95. The van der Waals surface area contributed by atoms with Gasteiger partial charge in [-0.05, 0) is 57.1 Å². The third kappa shape index (κ3) is 4.64. The SMILES string of the molecule is CCN1CCCC1CNCC(=O)Nc1ccc(C(C)=O)cc1. The molecule has 0 spiro atoms. The summed E-state index contributed by atoms with van der Waals surface area (Å²) >= 11 is 0. The number of rotatable bonds is 7. The smallest absolute Gasteiger partial charge is 0.238 e. The van der Waals surface area contributed by atoms with Crippen LogP contribution in [0.4, 0.5) is 5.69 Å². The van der Waals surface area contributed by atoms with Gasteiger partial charge in [-0.3, -0.25) is 14.5 Å². The van der Waals surface area contributed by atoms with E-state index < -0.39 is 0 Å². The highest BCUT2D eigenvalue weighted by Gasteiger charge is 2.22. The monoisotopic (exact) mass is 303 g/mol. The van der Waals surface area contributed by atoms with Crippen LogP contribution >= 0.6 is 0 Å². The van der Waals surface area contributed by atoms with Crippen molar-refractivity contribution in [2.75, 3.05) is 31.5 Å². The van der Waals surface area contributed by atoms with Gasteiger partial charge in [-0.15, -0.1) is 0 Å². The molecular weight excluding hydrogens is 278 g/mol. The van der Waals surface area contributed by atoms with E-state index >= 15 is 0 Å². The molecule has 1 atom stereocenters. The molecule has 0 saturated carbocycles. The van der Waals surface area contributed by atoms with Crippen molar-refractivity contribution in [1.29, 1.82) is 0 Å². The summed E-state index contributed by atoms with van der Waals surface area (Å²) in [5.74, 6) is -0.0341. The van der Waals surface area contributed by atoms with Crippen LogP contribution in [-0.4, -0.2) is 48.8 Å². The molecule has 1 aromatic carbocycles. The van der Waals surface area contributed by atoms with Gasteiger partial charge in [0.15, 0.2) is 5.78 Å². The van der Waals surface area contributed by atoms with Gasteiger partial charge in [0.25, 0.3) is 0 Å². The molecule has 0 radical (unpaired) electrons. The lowest BCUT2D eigenvalue weighted by Gasteiger charge is -2.22. The van der Waals surface area contributed by atoms with Crippen LogP contribution in [0.1, 0.15) is 37.0 Å². The summed E-state index contributed by atoms with van der Waals surface area (Å²) in [6.45, 7) is 7.10. The summed E-state index contributed by atoms with van der Waals surface area (Å²) in [4.78, 5) is 25.5. The van der Waals surface area contributed by atoms with Crippen LogP contribution < -0.4 is 10.6 Å². The zero-order chi connectivity index (χ0) is 15.9. The lowest BCUT2D eigenvalue weighted by atomic mass is 10.1. The minimum atomic E-state index is -0.0587. The fourth-order valence-corrected chi connectivity index (χ4v) is 2.89. The minimum absolute atomic E-state index is 0.0246. The normalized spacial score (nSPS) is 18.4. The molecule has 1 unspecified atom stereocenters. The maximum absolute atomic E-state index is 11.9. The molecule has 5 nitrogen and oxygen atoms in total. The van der Waals surface area contributed by atoms with Crippen molar-refractivity contribution in [2.45, 2.75) is 32.7 Å². The molecule has 1 heterocycles. The van der Waals surface area contributed by atoms with E-state index in [1.165, 1.54) is 19.8 Å². The topological polar surface area (TPSA) is 61.4 Å². The second-order valence-corrected chi connectivity index (χ2v) is 5.74. The molecule has 1 aliphatic heterocycles. The van der Waals surface area contributed by atoms with E-state index in [4.69, 9.17) is 0 Å². The molecule has 0 bridgehead atoms. The summed E-state index contributed by atoms with van der Waals surface area (Å²) in [6.07, 6.45) is 2.45. The van der Waals surface area contributed by atoms with Gasteiger partial charge in [0.1, 0.15) is 0 Å². The van der Waals surface area contributed by atoms with Gasteiger partial charge < -0.3 is 10.6 Å². The zero-order valence-electron chi connectivity index (χ0n) is 13.4. The number of nitrogens with one attached hydrogen (secondary N) is 2. The Kier molecular flexibility index (Phi) is 6.10. The van der Waals surface area contributed by atoms with Crippen LogP contribution in [0.5, 0.6) is 0 Å². The van der Waals surface area contributed by atoms with Crippen molar-refractivity contribution >= 4 is 17.4 Å². The molecule has 1 aliphatic rings. The number of carbonyl (C=O) groups is 2. The Hall–Kier alpha value is -1.72. The number of Topliss-reactive ketones (excluding diaryl/α,β-unsaturated/α-hetero) is 1. The number of likely N-dealkylation sites (tertiary alicyclic amines) is 1. The first-order chi connectivity index (χ1) is 10.6. The van der Waals surface area contributed by atoms with E-state index in [0.29, 0.717) is 23.8 Å². The number of benzene rings is 1. The second-order valence-electron chi connectivity index (χ2n) is 5.74. The van der Waals surface area contributed by atoms with Gasteiger partial charge >= 0.3 is 0 Å². The quantitative estimate of drug-likeness (QED) is 0.755. The first-order valence-electron chi connectivity index (χ1n) is 7.95. The van der Waals surface area contributed by atoms with E-state index in [1.54, 1.807) is 24.3 Å². The highest BCUT2D eigenvalue weighted by atomic mass is 16.2. The van der Waals surface area contributed by atoms with Crippen LogP contribution in [0.3, 0.4) is 0 Å². The predicted octanol–water partition coefficient (Wildman–Crippen LogP) is 1.90. The van der Waals surface area contributed by atoms with Crippen LogP contribution in [-0.2, 0) is 4.79 Å². The molecule has 1 amide bonds. The Morgan fingerprint density at radius 2 is 2.00 bits per heavy atom. The summed E-state index contributed by atoms with van der Waals surface area (Å²) in [6, 6.07) is 7.51. The van der Waals surface area contributed by atoms with Crippen LogP contribution in [0.25, 0.3) is 0 Å². The highest BCUT2D eigenvalue weighted by molar-refractivity contribution is 5.96. The maximum Gasteiger partial charge on any atom is 0.238 e. The lowest BCUT2D eigenvalue weighted by Crippen LogP contribution is -2.40. The summed E-state index contributed by atoms with van der Waals surface area (Å²) in [7, 11) is 0. The number of carbonyl (C=O) groups excluding carboxylic acids is 2. The molecule has 22 heavy (non-hydrogen) atoms. The molecule has 120 valence electrons. The molecule has 1 aromatic rings. The first-order valence-corrected chi connectivity index (χ1v) is 7.95. The van der Waals surface area contributed by atoms with Crippen molar-refractivity contribution in [1.82, 2.24) is 10.2 Å². The van der Waals surface area contributed by atoms with Gasteiger partial charge in [-0.25, -0.2) is 0 Å². The Morgan fingerprint density at radius 1 is 1.27 bits per heavy atom. The van der Waals surface area contributed by atoms with Crippen molar-refractivity contribution in [3.05, 3.63) is 29.8 Å². The third-order valence-corrected chi connectivity index (χ3v) is 4.15. The third-order valence-electron chi connectivity index (χ3n) is 4.15. The Morgan fingerprint density at radius 3 is 2.64 bits per heavy atom. The number of anilines is 1. The molecule has 5 heteroatoms. The minimum Gasteiger partial charge on any atom is -0.325 e. The van der Waals surface area contributed by atoms with E-state index in [2.05, 4.69) is 22.5 Å². The molecule has 1 saturated heterocycles. The summed E-state index contributed by atoms with van der Waals surface area (Å²) in [5, 5.41) is 6.07. The number of hydrogen-bond acceptors (Lipinski definition) is 4. The number of ketones is 1. The van der Waals surface area contributed by atoms with Gasteiger partial charge in [-0.2, -0.15) is 0 Å². The van der Waals surface area contributed by atoms with E-state index in [-0.39, 0.29) is 11.7 Å². The van der Waals surface area contributed by atoms with E-state index in [0.717, 1.165) is 19.6 Å². The van der Waals surface area contributed by atoms with Crippen LogP contribution in [0, 0.1) is 0 Å². The molecule has 1 fully saturated rings. The molecule has 2 N–H and O–H groups in total. The first kappa shape index (κ1) is 16.6. The highest BCUT2D eigenvalue weighted by Crippen LogP contribution is 2.15. The van der Waals surface area contributed by atoms with Gasteiger partial charge in [-0.1, -0.05) is 6.92 Å². The van der Waals surface area contributed by atoms with Crippen LogP contribution in [0.15, 0.2) is 24.3 Å². The van der Waals surface area contributed by atoms with Crippen LogP contribution in [0.2, 0.25) is 0 Å². The standard InChI is InChI=1S/C17H25N3O2/c1-3-20-10-4-5-16(20)11-18-12-17(22)19-15-8-6-14(7-9-15)13(2)21/h6-9,16,18H,3-5,10-12H2,1-2H3,(H,19,22). The summed E-state index contributed by atoms with van der Waals surface area (Å²) in [5.41, 5.74) is 1.37. The molecular formula is C17H25N3O2. The number of amides is 1. The van der Waals surface area contributed by atoms with Crippen molar-refractivity contribution < 1.29 is 9.59 Å². The van der Waals surface area contributed by atoms with Crippen molar-refractivity contribution in [3.63, 3.8) is 0 Å². The molecule has 2 rings (SSSR count). The number of hydrogen-bond donors (Lipinski definition) is 2. The van der Waals surface area contributed by atoms with Gasteiger partial charge in [0.2, 0.25) is 5.91 Å². The molecule has 0 aliphatic carbocycles. The number of likely N-dealkylation sites (N-methyl/N-ethyl adjacent to an activating group) is 1. The van der Waals surface area contributed by atoms with Gasteiger partial charge in [0.05, 0.1) is 6.54 Å². The lowest BCUT2D eigenvalue weighted by molar-refractivity contribution is -0.115. The predicted molar refractivity (Wildman–Crippen MR) is 88.2 cm³/mol. The fraction of sp³-hybridized carbons (Fsp3) is 0.529. The largest absolute Gasteiger partial charge is 0.325 e. The average molecular weight is 303 g/mol. The maximum atomic E-state index is 11.9. The fourth-order valence-electron chi connectivity index (χ4n) is 2.89. The van der Waals surface area contributed by atoms with Gasteiger partial charge in [0, 0.05) is 23.8 Å². The zero-order valence-corrected chi connectivity index (χ0v) is 13.4.